The Morgan fingerprint density at radius 1 is 1.45 bits per heavy atom. The topological polar surface area (TPSA) is 41.3 Å². The van der Waals surface area contributed by atoms with Crippen LogP contribution in [-0.4, -0.2) is 38.9 Å². The Bertz CT molecular complexity index is 628. The lowest BCUT2D eigenvalue weighted by Gasteiger charge is -2.27. The largest absolute Gasteiger partial charge is 0.387 e. The van der Waals surface area contributed by atoms with Crippen LogP contribution >= 0.6 is 0 Å². The number of aryl methyl sites for hydroxylation is 1. The highest BCUT2D eigenvalue weighted by Crippen LogP contribution is 2.23. The van der Waals surface area contributed by atoms with Crippen molar-refractivity contribution >= 4 is 0 Å². The van der Waals surface area contributed by atoms with Gasteiger partial charge in [-0.15, -0.1) is 0 Å². The van der Waals surface area contributed by atoms with Gasteiger partial charge in [-0.05, 0) is 49.6 Å². The average Bonchev–Trinajstić information content (AvgIpc) is 3.09. The Labute approximate surface area is 130 Å². The van der Waals surface area contributed by atoms with Crippen molar-refractivity contribution in [2.45, 2.75) is 38.5 Å². The summed E-state index contributed by atoms with van der Waals surface area (Å²) in [5, 5.41) is 14.7. The van der Waals surface area contributed by atoms with Crippen molar-refractivity contribution < 1.29 is 9.50 Å². The zero-order chi connectivity index (χ0) is 15.5. The third-order valence-electron chi connectivity index (χ3n) is 4.30. The predicted octanol–water partition coefficient (Wildman–Crippen LogP) is 2.53. The van der Waals surface area contributed by atoms with Crippen LogP contribution in [0.25, 0.3) is 0 Å². The van der Waals surface area contributed by atoms with E-state index >= 15 is 0 Å². The van der Waals surface area contributed by atoms with Crippen LogP contribution in [0.5, 0.6) is 0 Å². The van der Waals surface area contributed by atoms with Gasteiger partial charge in [-0.3, -0.25) is 9.58 Å². The Kier molecular flexibility index (Phi) is 4.55. The number of benzene rings is 1. The van der Waals surface area contributed by atoms with Crippen LogP contribution in [0.2, 0.25) is 0 Å². The van der Waals surface area contributed by atoms with Crippen LogP contribution in [0.1, 0.15) is 30.1 Å². The molecular weight excluding hydrogens is 281 g/mol. The smallest absolute Gasteiger partial charge is 0.123 e. The minimum atomic E-state index is -0.657. The van der Waals surface area contributed by atoms with Gasteiger partial charge in [0, 0.05) is 18.8 Å². The molecule has 3 rings (SSSR count). The molecule has 1 aromatic heterocycles. The molecule has 0 bridgehead atoms. The number of β-amino-alcohol motifs (C(OH)–C–C–N with tert-alkyl or cyclic N) is 1. The number of aromatic nitrogens is 2. The fourth-order valence-corrected chi connectivity index (χ4v) is 3.17. The molecular formula is C17H22FN3O. The van der Waals surface area contributed by atoms with Gasteiger partial charge in [0.1, 0.15) is 5.82 Å². The van der Waals surface area contributed by atoms with Gasteiger partial charge in [0.15, 0.2) is 0 Å². The highest BCUT2D eigenvalue weighted by atomic mass is 19.1. The van der Waals surface area contributed by atoms with Gasteiger partial charge >= 0.3 is 0 Å². The van der Waals surface area contributed by atoms with Crippen LogP contribution < -0.4 is 0 Å². The SMILES string of the molecule is Cc1cnn(C[C@H]2CCCN2C[C@H](O)c2cccc(F)c2)c1. The Balaban J connectivity index is 1.63. The first-order chi connectivity index (χ1) is 10.6. The molecule has 22 heavy (non-hydrogen) atoms. The second-order valence-corrected chi connectivity index (χ2v) is 6.10. The minimum Gasteiger partial charge on any atom is -0.387 e. The molecule has 1 aliphatic heterocycles. The first kappa shape index (κ1) is 15.2. The predicted molar refractivity (Wildman–Crippen MR) is 82.9 cm³/mol. The molecule has 5 heteroatoms. The molecule has 118 valence electrons. The molecule has 0 saturated carbocycles. The summed E-state index contributed by atoms with van der Waals surface area (Å²) in [6.07, 6.45) is 5.48. The molecule has 2 aromatic rings. The maximum Gasteiger partial charge on any atom is 0.123 e. The van der Waals surface area contributed by atoms with E-state index in [1.54, 1.807) is 12.1 Å². The van der Waals surface area contributed by atoms with E-state index in [0.29, 0.717) is 18.2 Å². The average molecular weight is 303 g/mol. The summed E-state index contributed by atoms with van der Waals surface area (Å²) in [5.74, 6) is -0.304. The number of aliphatic hydroxyl groups is 1. The van der Waals surface area contributed by atoms with Crippen LogP contribution in [0.4, 0.5) is 4.39 Å². The zero-order valence-corrected chi connectivity index (χ0v) is 12.8. The normalized spacial score (nSPS) is 20.4. The molecule has 0 amide bonds. The van der Waals surface area contributed by atoms with Crippen molar-refractivity contribution in [3.05, 3.63) is 53.6 Å². The summed E-state index contributed by atoms with van der Waals surface area (Å²) in [5.41, 5.74) is 1.80. The highest BCUT2D eigenvalue weighted by Gasteiger charge is 2.27. The third-order valence-corrected chi connectivity index (χ3v) is 4.30. The molecule has 0 unspecified atom stereocenters. The summed E-state index contributed by atoms with van der Waals surface area (Å²) in [6.45, 7) is 4.37. The minimum absolute atomic E-state index is 0.304. The van der Waals surface area contributed by atoms with Gasteiger partial charge in [0.25, 0.3) is 0 Å². The summed E-state index contributed by atoms with van der Waals surface area (Å²) >= 11 is 0. The quantitative estimate of drug-likeness (QED) is 0.923. The summed E-state index contributed by atoms with van der Waals surface area (Å²) < 4.78 is 15.2. The number of aliphatic hydroxyl groups excluding tert-OH is 1. The highest BCUT2D eigenvalue weighted by molar-refractivity contribution is 5.19. The van der Waals surface area contributed by atoms with Crippen LogP contribution in [-0.2, 0) is 6.54 Å². The van der Waals surface area contributed by atoms with Crippen molar-refractivity contribution in [1.82, 2.24) is 14.7 Å². The van der Waals surface area contributed by atoms with E-state index in [0.717, 1.165) is 31.5 Å². The van der Waals surface area contributed by atoms with Crippen molar-refractivity contribution in [2.24, 2.45) is 0 Å². The molecule has 1 saturated heterocycles. The van der Waals surface area contributed by atoms with Gasteiger partial charge in [0.05, 0.1) is 18.8 Å². The molecule has 1 aromatic carbocycles. The maximum absolute atomic E-state index is 13.3. The number of hydrogen-bond acceptors (Lipinski definition) is 3. The lowest BCUT2D eigenvalue weighted by Crippen LogP contribution is -2.36. The Hall–Kier alpha value is -1.72. The monoisotopic (exact) mass is 303 g/mol. The van der Waals surface area contributed by atoms with E-state index in [1.807, 2.05) is 24.0 Å². The van der Waals surface area contributed by atoms with Crippen LogP contribution in [0.3, 0.4) is 0 Å². The van der Waals surface area contributed by atoms with Gasteiger partial charge in [-0.25, -0.2) is 4.39 Å². The van der Waals surface area contributed by atoms with Crippen molar-refractivity contribution in [1.29, 1.82) is 0 Å². The molecule has 0 radical (unpaired) electrons. The second-order valence-electron chi connectivity index (χ2n) is 6.10. The van der Waals surface area contributed by atoms with E-state index < -0.39 is 6.10 Å². The molecule has 1 N–H and O–H groups in total. The van der Waals surface area contributed by atoms with Gasteiger partial charge < -0.3 is 5.11 Å². The van der Waals surface area contributed by atoms with E-state index in [4.69, 9.17) is 0 Å². The maximum atomic E-state index is 13.3. The fourth-order valence-electron chi connectivity index (χ4n) is 3.17. The summed E-state index contributed by atoms with van der Waals surface area (Å²) in [7, 11) is 0. The Morgan fingerprint density at radius 2 is 2.32 bits per heavy atom. The van der Waals surface area contributed by atoms with E-state index in [2.05, 4.69) is 10.00 Å². The molecule has 0 aliphatic carbocycles. The lowest BCUT2D eigenvalue weighted by atomic mass is 10.1. The number of hydrogen-bond donors (Lipinski definition) is 1. The van der Waals surface area contributed by atoms with Crippen molar-refractivity contribution in [2.75, 3.05) is 13.1 Å². The molecule has 2 heterocycles. The third kappa shape index (κ3) is 3.54. The standard InChI is InChI=1S/C17H22FN3O/c1-13-9-19-21(10-13)11-16-6-3-7-20(16)12-17(22)14-4-2-5-15(18)8-14/h2,4-5,8-10,16-17,22H,3,6-7,11-12H2,1H3/t16-,17+/m1/s1. The summed E-state index contributed by atoms with van der Waals surface area (Å²) in [6, 6.07) is 6.60. The molecule has 2 atom stereocenters. The number of likely N-dealkylation sites (tertiary alicyclic amines) is 1. The fraction of sp³-hybridized carbons (Fsp3) is 0.471. The number of nitrogens with zero attached hydrogens (tertiary/aromatic N) is 3. The van der Waals surface area contributed by atoms with E-state index in [-0.39, 0.29) is 5.82 Å². The molecule has 4 nitrogen and oxygen atoms in total. The number of halogens is 1. The molecule has 1 aliphatic rings. The summed E-state index contributed by atoms with van der Waals surface area (Å²) in [4.78, 5) is 2.28. The molecule has 0 spiro atoms. The Morgan fingerprint density at radius 3 is 3.05 bits per heavy atom. The van der Waals surface area contributed by atoms with E-state index in [9.17, 15) is 9.50 Å². The van der Waals surface area contributed by atoms with Gasteiger partial charge in [0.2, 0.25) is 0 Å². The number of rotatable bonds is 5. The van der Waals surface area contributed by atoms with Crippen LogP contribution in [0.15, 0.2) is 36.7 Å². The van der Waals surface area contributed by atoms with Gasteiger partial charge in [-0.2, -0.15) is 5.10 Å². The first-order valence-electron chi connectivity index (χ1n) is 7.78. The van der Waals surface area contributed by atoms with Gasteiger partial charge in [-0.1, -0.05) is 12.1 Å². The lowest BCUT2D eigenvalue weighted by molar-refractivity contribution is 0.100. The first-order valence-corrected chi connectivity index (χ1v) is 7.78. The van der Waals surface area contributed by atoms with Crippen LogP contribution in [0, 0.1) is 12.7 Å². The zero-order valence-electron chi connectivity index (χ0n) is 12.8. The van der Waals surface area contributed by atoms with Crippen molar-refractivity contribution in [3.63, 3.8) is 0 Å². The van der Waals surface area contributed by atoms with E-state index in [1.165, 1.54) is 12.1 Å². The second kappa shape index (κ2) is 6.58. The molecule has 1 fully saturated rings. The van der Waals surface area contributed by atoms with Crippen molar-refractivity contribution in [3.8, 4) is 0 Å².